The van der Waals surface area contributed by atoms with Crippen LogP contribution in [0.25, 0.3) is 0 Å². The van der Waals surface area contributed by atoms with Crippen molar-refractivity contribution in [3.63, 3.8) is 0 Å². The lowest BCUT2D eigenvalue weighted by Gasteiger charge is -2.17. The summed E-state index contributed by atoms with van der Waals surface area (Å²) in [6.45, 7) is 5.14. The molecule has 1 unspecified atom stereocenters. The third-order valence-electron chi connectivity index (χ3n) is 3.99. The van der Waals surface area contributed by atoms with E-state index in [1.807, 2.05) is 50.2 Å². The summed E-state index contributed by atoms with van der Waals surface area (Å²) in [5.41, 5.74) is 2.58. The van der Waals surface area contributed by atoms with Crippen LogP contribution in [-0.4, -0.2) is 19.1 Å². The lowest BCUT2D eigenvalue weighted by Crippen LogP contribution is -2.27. The maximum absolute atomic E-state index is 12.6. The molecule has 0 saturated carbocycles. The Morgan fingerprint density at radius 1 is 1.09 bits per heavy atom. The predicted molar refractivity (Wildman–Crippen MR) is 89.1 cm³/mol. The first-order valence-corrected chi connectivity index (χ1v) is 7.91. The molecule has 1 N–H and O–H groups in total. The van der Waals surface area contributed by atoms with E-state index in [1.54, 1.807) is 6.07 Å². The molecule has 4 nitrogen and oxygen atoms in total. The van der Waals surface area contributed by atoms with Crippen LogP contribution in [0.15, 0.2) is 42.5 Å². The van der Waals surface area contributed by atoms with Crippen molar-refractivity contribution in [1.29, 1.82) is 0 Å². The van der Waals surface area contributed by atoms with E-state index in [0.29, 0.717) is 30.3 Å². The lowest BCUT2D eigenvalue weighted by molar-refractivity contribution is 0.0939. The average Bonchev–Trinajstić information content (AvgIpc) is 2.79. The number of hydrogen-bond donors (Lipinski definition) is 1. The summed E-state index contributed by atoms with van der Waals surface area (Å²) >= 11 is 0. The van der Waals surface area contributed by atoms with E-state index in [0.717, 1.165) is 17.5 Å². The van der Waals surface area contributed by atoms with Gasteiger partial charge in [-0.1, -0.05) is 30.3 Å². The highest BCUT2D eigenvalue weighted by atomic mass is 16.5. The van der Waals surface area contributed by atoms with Gasteiger partial charge in [0.05, 0.1) is 19.3 Å². The zero-order valence-corrected chi connectivity index (χ0v) is 13.5. The molecule has 3 rings (SSSR count). The topological polar surface area (TPSA) is 47.6 Å². The van der Waals surface area contributed by atoms with Crippen LogP contribution in [0.5, 0.6) is 11.5 Å². The van der Waals surface area contributed by atoms with Crippen molar-refractivity contribution in [3.8, 4) is 11.5 Å². The number of benzene rings is 2. The Labute approximate surface area is 136 Å². The molecule has 0 saturated heterocycles. The third kappa shape index (κ3) is 3.47. The van der Waals surface area contributed by atoms with E-state index in [4.69, 9.17) is 9.47 Å². The summed E-state index contributed by atoms with van der Waals surface area (Å²) in [6.07, 6.45) is 0.848. The molecular weight excluding hydrogens is 290 g/mol. The van der Waals surface area contributed by atoms with Crippen LogP contribution >= 0.6 is 0 Å². The zero-order chi connectivity index (χ0) is 16.2. The summed E-state index contributed by atoms with van der Waals surface area (Å²) in [5, 5.41) is 3.04. The number of carbonyl (C=O) groups is 1. The van der Waals surface area contributed by atoms with E-state index in [9.17, 15) is 4.79 Å². The van der Waals surface area contributed by atoms with Crippen LogP contribution in [0.3, 0.4) is 0 Å². The summed E-state index contributed by atoms with van der Waals surface area (Å²) < 4.78 is 11.3. The van der Waals surface area contributed by atoms with Crippen LogP contribution in [0.1, 0.15) is 40.9 Å². The Balaban J connectivity index is 1.81. The number of aryl methyl sites for hydroxylation is 1. The van der Waals surface area contributed by atoms with Crippen LogP contribution in [0, 0.1) is 6.92 Å². The van der Waals surface area contributed by atoms with Crippen LogP contribution in [0.2, 0.25) is 0 Å². The molecule has 0 aliphatic carbocycles. The van der Waals surface area contributed by atoms with Gasteiger partial charge in [-0.15, -0.1) is 0 Å². The largest absolute Gasteiger partial charge is 0.490 e. The molecule has 1 amide bonds. The molecule has 0 spiro atoms. The lowest BCUT2D eigenvalue weighted by atomic mass is 10.0. The second kappa shape index (κ2) is 6.73. The zero-order valence-electron chi connectivity index (χ0n) is 13.5. The highest BCUT2D eigenvalue weighted by Crippen LogP contribution is 2.32. The Bertz CT molecular complexity index is 697. The van der Waals surface area contributed by atoms with Crippen LogP contribution in [-0.2, 0) is 0 Å². The maximum atomic E-state index is 12.6. The molecule has 0 radical (unpaired) electrons. The first-order valence-electron chi connectivity index (χ1n) is 7.91. The molecule has 23 heavy (non-hydrogen) atoms. The monoisotopic (exact) mass is 311 g/mol. The van der Waals surface area contributed by atoms with Gasteiger partial charge in [0.15, 0.2) is 11.5 Å². The summed E-state index contributed by atoms with van der Waals surface area (Å²) in [7, 11) is 0. The number of fused-ring (bicyclic) bond motifs is 1. The van der Waals surface area contributed by atoms with Gasteiger partial charge < -0.3 is 14.8 Å². The van der Waals surface area contributed by atoms with Crippen molar-refractivity contribution in [2.24, 2.45) is 0 Å². The highest BCUT2D eigenvalue weighted by Gasteiger charge is 2.18. The molecule has 1 aliphatic rings. The fourth-order valence-corrected chi connectivity index (χ4v) is 2.65. The van der Waals surface area contributed by atoms with Gasteiger partial charge in [-0.2, -0.15) is 0 Å². The van der Waals surface area contributed by atoms with Crippen molar-refractivity contribution in [2.45, 2.75) is 26.3 Å². The van der Waals surface area contributed by atoms with Gasteiger partial charge in [0.1, 0.15) is 0 Å². The predicted octanol–water partition coefficient (Wildman–Crippen LogP) is 3.65. The maximum Gasteiger partial charge on any atom is 0.252 e. The number of amides is 1. The summed E-state index contributed by atoms with van der Waals surface area (Å²) in [4.78, 5) is 12.6. The molecular formula is C19H21NO3. The van der Waals surface area contributed by atoms with Crippen molar-refractivity contribution in [3.05, 3.63) is 59.2 Å². The average molecular weight is 311 g/mol. The molecule has 1 atom stereocenters. The van der Waals surface area contributed by atoms with Crippen molar-refractivity contribution < 1.29 is 14.3 Å². The molecule has 0 aromatic heterocycles. The van der Waals surface area contributed by atoms with Gasteiger partial charge in [0, 0.05) is 12.0 Å². The Kier molecular flexibility index (Phi) is 4.51. The molecule has 0 bridgehead atoms. The highest BCUT2D eigenvalue weighted by molar-refractivity contribution is 5.96. The second-order valence-electron chi connectivity index (χ2n) is 5.77. The van der Waals surface area contributed by atoms with Crippen molar-refractivity contribution in [2.75, 3.05) is 13.2 Å². The number of ether oxygens (including phenoxy) is 2. The molecule has 2 aromatic carbocycles. The Hall–Kier alpha value is -2.49. The minimum Gasteiger partial charge on any atom is -0.490 e. The SMILES string of the molecule is Cc1cc2c(cc1C(=O)NC(C)c1ccccc1)OCCCO2. The third-order valence-corrected chi connectivity index (χ3v) is 3.99. The van der Waals surface area contributed by atoms with Gasteiger partial charge in [0.25, 0.3) is 5.91 Å². The molecule has 1 aliphatic heterocycles. The number of carbonyl (C=O) groups excluding carboxylic acids is 1. The Morgan fingerprint density at radius 3 is 2.43 bits per heavy atom. The quantitative estimate of drug-likeness (QED) is 0.941. The first-order chi connectivity index (χ1) is 11.1. The van der Waals surface area contributed by atoms with Crippen LogP contribution < -0.4 is 14.8 Å². The Morgan fingerprint density at radius 2 is 1.74 bits per heavy atom. The van der Waals surface area contributed by atoms with E-state index in [2.05, 4.69) is 5.32 Å². The van der Waals surface area contributed by atoms with Gasteiger partial charge in [-0.3, -0.25) is 4.79 Å². The number of rotatable bonds is 3. The number of nitrogens with one attached hydrogen (secondary N) is 1. The van der Waals surface area contributed by atoms with Gasteiger partial charge >= 0.3 is 0 Å². The molecule has 120 valence electrons. The summed E-state index contributed by atoms with van der Waals surface area (Å²) in [6, 6.07) is 13.5. The van der Waals surface area contributed by atoms with Gasteiger partial charge in [-0.05, 0) is 37.1 Å². The van der Waals surface area contributed by atoms with Crippen molar-refractivity contribution in [1.82, 2.24) is 5.32 Å². The number of hydrogen-bond acceptors (Lipinski definition) is 3. The fourth-order valence-electron chi connectivity index (χ4n) is 2.65. The minimum absolute atomic E-state index is 0.0564. The standard InChI is InChI=1S/C19H21NO3/c1-13-11-17-18(23-10-6-9-22-17)12-16(13)19(21)20-14(2)15-7-4-3-5-8-15/h3-5,7-8,11-12,14H,6,9-10H2,1-2H3,(H,20,21). The minimum atomic E-state index is -0.102. The van der Waals surface area contributed by atoms with Crippen molar-refractivity contribution >= 4 is 5.91 Å². The smallest absolute Gasteiger partial charge is 0.252 e. The normalized spacial score (nSPS) is 14.7. The van der Waals surface area contributed by atoms with E-state index in [1.165, 1.54) is 0 Å². The van der Waals surface area contributed by atoms with Crippen LogP contribution in [0.4, 0.5) is 0 Å². The van der Waals surface area contributed by atoms with E-state index in [-0.39, 0.29) is 11.9 Å². The van der Waals surface area contributed by atoms with E-state index >= 15 is 0 Å². The molecule has 0 fully saturated rings. The first kappa shape index (κ1) is 15.4. The second-order valence-corrected chi connectivity index (χ2v) is 5.77. The van der Waals surface area contributed by atoms with E-state index < -0.39 is 0 Å². The van der Waals surface area contributed by atoms with Gasteiger partial charge in [0.2, 0.25) is 0 Å². The molecule has 4 heteroatoms. The van der Waals surface area contributed by atoms with Gasteiger partial charge in [-0.25, -0.2) is 0 Å². The molecule has 1 heterocycles. The molecule has 2 aromatic rings. The summed E-state index contributed by atoms with van der Waals surface area (Å²) in [5.74, 6) is 1.26. The fraction of sp³-hybridized carbons (Fsp3) is 0.316.